The lowest BCUT2D eigenvalue weighted by Gasteiger charge is -2.05. The molecule has 102 valence electrons. The van der Waals surface area contributed by atoms with Crippen molar-refractivity contribution in [3.8, 4) is 0 Å². The summed E-state index contributed by atoms with van der Waals surface area (Å²) < 4.78 is 1.55. The standard InChI is InChI=1S/C14H16INO3/c1-16(15)13(17)9-4-2-3-6-11-7-5-8-12(10-11)14(18)19/h3,5-8,10H,2,4,9H2,1H3,(H,18,19)/b6-3-. The summed E-state index contributed by atoms with van der Waals surface area (Å²) in [6.07, 6.45) is 5.96. The van der Waals surface area contributed by atoms with E-state index in [0.717, 1.165) is 18.4 Å². The van der Waals surface area contributed by atoms with Crippen molar-refractivity contribution in [3.05, 3.63) is 41.5 Å². The Kier molecular flexibility index (Phi) is 6.55. The van der Waals surface area contributed by atoms with Crippen LogP contribution >= 0.6 is 22.9 Å². The predicted molar refractivity (Wildman–Crippen MR) is 83.1 cm³/mol. The average molecular weight is 373 g/mol. The highest BCUT2D eigenvalue weighted by atomic mass is 127. The molecule has 0 aliphatic rings. The maximum atomic E-state index is 11.3. The van der Waals surface area contributed by atoms with Gasteiger partial charge in [-0.1, -0.05) is 24.3 Å². The van der Waals surface area contributed by atoms with Gasteiger partial charge >= 0.3 is 5.97 Å². The largest absolute Gasteiger partial charge is 0.478 e. The van der Waals surface area contributed by atoms with Crippen molar-refractivity contribution in [1.82, 2.24) is 3.11 Å². The molecule has 0 heterocycles. The number of amides is 1. The molecular formula is C14H16INO3. The topological polar surface area (TPSA) is 57.6 Å². The SMILES string of the molecule is CN(I)C(=O)CCC/C=C\c1cccc(C(=O)O)c1. The summed E-state index contributed by atoms with van der Waals surface area (Å²) in [4.78, 5) is 22.1. The Labute approximate surface area is 126 Å². The van der Waals surface area contributed by atoms with E-state index in [1.165, 1.54) is 0 Å². The minimum absolute atomic E-state index is 0.113. The number of halogens is 1. The second kappa shape index (κ2) is 7.93. The number of carbonyl (C=O) groups excluding carboxylic acids is 1. The predicted octanol–water partition coefficient (Wildman–Crippen LogP) is 3.38. The fourth-order valence-electron chi connectivity index (χ4n) is 1.52. The van der Waals surface area contributed by atoms with Crippen LogP contribution in [-0.2, 0) is 4.79 Å². The third kappa shape index (κ3) is 5.87. The molecule has 0 radical (unpaired) electrons. The van der Waals surface area contributed by atoms with Gasteiger partial charge in [0, 0.05) is 13.5 Å². The number of allylic oxidation sites excluding steroid dienone is 1. The van der Waals surface area contributed by atoms with Crippen LogP contribution in [0.1, 0.15) is 35.2 Å². The molecule has 4 nitrogen and oxygen atoms in total. The second-order valence-corrected chi connectivity index (χ2v) is 5.54. The Morgan fingerprint density at radius 3 is 2.79 bits per heavy atom. The smallest absolute Gasteiger partial charge is 0.335 e. The van der Waals surface area contributed by atoms with E-state index in [4.69, 9.17) is 5.11 Å². The van der Waals surface area contributed by atoms with Gasteiger partial charge in [-0.15, -0.1) is 0 Å². The molecule has 0 aliphatic carbocycles. The van der Waals surface area contributed by atoms with Crippen LogP contribution in [0.2, 0.25) is 0 Å². The van der Waals surface area contributed by atoms with Crippen molar-refractivity contribution in [2.24, 2.45) is 0 Å². The molecule has 0 spiro atoms. The van der Waals surface area contributed by atoms with Gasteiger partial charge in [-0.3, -0.25) is 7.91 Å². The fourth-order valence-corrected chi connectivity index (χ4v) is 1.76. The summed E-state index contributed by atoms with van der Waals surface area (Å²) in [6, 6.07) is 6.77. The van der Waals surface area contributed by atoms with Crippen LogP contribution in [-0.4, -0.2) is 27.1 Å². The molecule has 0 atom stereocenters. The van der Waals surface area contributed by atoms with Gasteiger partial charge < -0.3 is 5.11 Å². The summed E-state index contributed by atoms with van der Waals surface area (Å²) in [7, 11) is 1.73. The van der Waals surface area contributed by atoms with E-state index in [1.807, 2.05) is 41.1 Å². The van der Waals surface area contributed by atoms with Crippen LogP contribution in [0.3, 0.4) is 0 Å². The number of rotatable bonds is 6. The van der Waals surface area contributed by atoms with Gasteiger partial charge in [0.15, 0.2) is 0 Å². The normalized spacial score (nSPS) is 10.6. The first kappa shape index (κ1) is 15.7. The van der Waals surface area contributed by atoms with Crippen molar-refractivity contribution in [2.75, 3.05) is 7.05 Å². The number of unbranched alkanes of at least 4 members (excludes halogenated alkanes) is 1. The first-order valence-electron chi connectivity index (χ1n) is 5.93. The molecule has 1 N–H and O–H groups in total. The van der Waals surface area contributed by atoms with Crippen LogP contribution in [0, 0.1) is 0 Å². The lowest BCUT2D eigenvalue weighted by molar-refractivity contribution is -0.124. The van der Waals surface area contributed by atoms with Crippen molar-refractivity contribution < 1.29 is 14.7 Å². The number of nitrogens with zero attached hydrogens (tertiary/aromatic N) is 1. The lowest BCUT2D eigenvalue weighted by Crippen LogP contribution is -2.14. The quantitative estimate of drug-likeness (QED) is 0.473. The maximum Gasteiger partial charge on any atom is 0.335 e. The fraction of sp³-hybridized carbons (Fsp3) is 0.286. The van der Waals surface area contributed by atoms with Crippen LogP contribution in [0.4, 0.5) is 0 Å². The molecule has 0 aliphatic heterocycles. The molecule has 0 fully saturated rings. The monoisotopic (exact) mass is 373 g/mol. The van der Waals surface area contributed by atoms with E-state index in [1.54, 1.807) is 28.4 Å². The van der Waals surface area contributed by atoms with Gasteiger partial charge in [0.1, 0.15) is 0 Å². The molecule has 0 unspecified atom stereocenters. The van der Waals surface area contributed by atoms with Crippen LogP contribution in [0.5, 0.6) is 0 Å². The Bertz CT molecular complexity index is 483. The zero-order valence-electron chi connectivity index (χ0n) is 10.7. The number of carbonyl (C=O) groups is 2. The first-order valence-corrected chi connectivity index (χ1v) is 6.89. The zero-order valence-corrected chi connectivity index (χ0v) is 12.8. The van der Waals surface area contributed by atoms with E-state index in [-0.39, 0.29) is 11.5 Å². The summed E-state index contributed by atoms with van der Waals surface area (Å²) in [6.45, 7) is 0. The highest BCUT2D eigenvalue weighted by Gasteiger charge is 2.03. The van der Waals surface area contributed by atoms with E-state index < -0.39 is 5.97 Å². The van der Waals surface area contributed by atoms with Crippen LogP contribution < -0.4 is 0 Å². The van der Waals surface area contributed by atoms with Gasteiger partial charge in [-0.05, 0) is 30.5 Å². The number of aromatic carboxylic acids is 1. The first-order chi connectivity index (χ1) is 9.00. The molecule has 19 heavy (non-hydrogen) atoms. The molecule has 5 heteroatoms. The van der Waals surface area contributed by atoms with Gasteiger partial charge in [0.25, 0.3) is 0 Å². The highest BCUT2D eigenvalue weighted by Crippen LogP contribution is 2.09. The molecule has 1 aromatic carbocycles. The van der Waals surface area contributed by atoms with Gasteiger partial charge in [0.05, 0.1) is 28.4 Å². The van der Waals surface area contributed by atoms with E-state index in [0.29, 0.717) is 6.42 Å². The number of benzene rings is 1. The molecule has 0 saturated carbocycles. The molecule has 0 aromatic heterocycles. The van der Waals surface area contributed by atoms with Gasteiger partial charge in [0.2, 0.25) is 5.91 Å². The number of hydrogen-bond acceptors (Lipinski definition) is 2. The summed E-state index contributed by atoms with van der Waals surface area (Å²) in [5, 5.41) is 8.87. The van der Waals surface area contributed by atoms with Gasteiger partial charge in [-0.25, -0.2) is 4.79 Å². The second-order valence-electron chi connectivity index (χ2n) is 4.10. The van der Waals surface area contributed by atoms with Crippen LogP contribution in [0.15, 0.2) is 30.3 Å². The Hall–Kier alpha value is -1.37. The number of carboxylic acid groups (broad SMARTS) is 1. The third-order valence-electron chi connectivity index (χ3n) is 2.55. The van der Waals surface area contributed by atoms with E-state index in [2.05, 4.69) is 0 Å². The molecular weight excluding hydrogens is 357 g/mol. The minimum Gasteiger partial charge on any atom is -0.478 e. The average Bonchev–Trinajstić information content (AvgIpc) is 2.38. The Balaban J connectivity index is 2.43. The van der Waals surface area contributed by atoms with E-state index in [9.17, 15) is 9.59 Å². The van der Waals surface area contributed by atoms with Crippen molar-refractivity contribution in [1.29, 1.82) is 0 Å². The van der Waals surface area contributed by atoms with Crippen molar-refractivity contribution >= 4 is 40.8 Å². The van der Waals surface area contributed by atoms with Crippen molar-refractivity contribution in [2.45, 2.75) is 19.3 Å². The van der Waals surface area contributed by atoms with Crippen LogP contribution in [0.25, 0.3) is 6.08 Å². The highest BCUT2D eigenvalue weighted by molar-refractivity contribution is 14.1. The van der Waals surface area contributed by atoms with E-state index >= 15 is 0 Å². The van der Waals surface area contributed by atoms with Gasteiger partial charge in [-0.2, -0.15) is 0 Å². The molecule has 0 bridgehead atoms. The lowest BCUT2D eigenvalue weighted by atomic mass is 10.1. The molecule has 1 aromatic rings. The molecule has 0 saturated heterocycles. The van der Waals surface area contributed by atoms with Crippen molar-refractivity contribution in [3.63, 3.8) is 0 Å². The maximum absolute atomic E-state index is 11.3. The molecule has 1 rings (SSSR count). The number of carboxylic acids is 1. The third-order valence-corrected chi connectivity index (χ3v) is 3.09. The Morgan fingerprint density at radius 1 is 1.42 bits per heavy atom. The number of hydrogen-bond donors (Lipinski definition) is 1. The Morgan fingerprint density at radius 2 is 2.16 bits per heavy atom. The minimum atomic E-state index is -0.925. The summed E-state index contributed by atoms with van der Waals surface area (Å²) >= 11 is 1.96. The molecule has 1 amide bonds. The summed E-state index contributed by atoms with van der Waals surface area (Å²) in [5.41, 5.74) is 1.14. The zero-order chi connectivity index (χ0) is 14.3. The summed E-state index contributed by atoms with van der Waals surface area (Å²) in [5.74, 6) is -0.812.